The van der Waals surface area contributed by atoms with Crippen LogP contribution in [0.15, 0.2) is 27.8 Å². The standard InChI is InChI=1S/C18H18F4N2O2Si/c1-11-8-14(13(19)9-12(11)6-7-27(3,4)5)24-16(25)10-15(18(20,21)22)23(2)17(24)26/h8-10H,1-5H3. The molecule has 1 heterocycles. The van der Waals surface area contributed by atoms with Crippen LogP contribution in [0.5, 0.6) is 0 Å². The fourth-order valence-electron chi connectivity index (χ4n) is 2.35. The molecular formula is C18H18F4N2O2Si. The monoisotopic (exact) mass is 398 g/mol. The molecule has 0 saturated heterocycles. The number of aryl methyl sites for hydroxylation is 1. The van der Waals surface area contributed by atoms with Gasteiger partial charge in [-0.3, -0.25) is 9.36 Å². The molecule has 0 amide bonds. The zero-order chi connectivity index (χ0) is 20.7. The van der Waals surface area contributed by atoms with Crippen molar-refractivity contribution < 1.29 is 17.6 Å². The summed E-state index contributed by atoms with van der Waals surface area (Å²) in [6.07, 6.45) is -4.88. The minimum atomic E-state index is -4.88. The van der Waals surface area contributed by atoms with E-state index in [0.29, 0.717) is 15.7 Å². The van der Waals surface area contributed by atoms with E-state index < -0.39 is 42.7 Å². The first kappa shape index (κ1) is 20.7. The van der Waals surface area contributed by atoms with Crippen LogP contribution in [0.3, 0.4) is 0 Å². The molecular weight excluding hydrogens is 380 g/mol. The molecule has 144 valence electrons. The van der Waals surface area contributed by atoms with E-state index in [9.17, 15) is 27.2 Å². The predicted molar refractivity (Wildman–Crippen MR) is 97.2 cm³/mol. The van der Waals surface area contributed by atoms with Crippen molar-refractivity contribution in [2.45, 2.75) is 32.7 Å². The van der Waals surface area contributed by atoms with Crippen molar-refractivity contribution in [3.8, 4) is 17.2 Å². The molecule has 2 rings (SSSR count). The highest BCUT2D eigenvalue weighted by Crippen LogP contribution is 2.27. The molecule has 27 heavy (non-hydrogen) atoms. The Hall–Kier alpha value is -2.60. The Morgan fingerprint density at radius 1 is 1.07 bits per heavy atom. The quantitative estimate of drug-likeness (QED) is 0.421. The van der Waals surface area contributed by atoms with Gasteiger partial charge in [-0.2, -0.15) is 13.2 Å². The Morgan fingerprint density at radius 3 is 2.19 bits per heavy atom. The van der Waals surface area contributed by atoms with Gasteiger partial charge in [0.2, 0.25) is 0 Å². The Kier molecular flexibility index (Phi) is 5.25. The Labute approximate surface area is 154 Å². The van der Waals surface area contributed by atoms with Crippen LogP contribution in [0.25, 0.3) is 5.69 Å². The van der Waals surface area contributed by atoms with Crippen LogP contribution in [0.1, 0.15) is 16.8 Å². The second-order valence-electron chi connectivity index (χ2n) is 7.16. The number of hydrogen-bond acceptors (Lipinski definition) is 2. The normalized spacial score (nSPS) is 11.9. The van der Waals surface area contributed by atoms with Crippen LogP contribution < -0.4 is 11.2 Å². The summed E-state index contributed by atoms with van der Waals surface area (Å²) >= 11 is 0. The second-order valence-corrected chi connectivity index (χ2v) is 11.9. The molecule has 0 saturated carbocycles. The van der Waals surface area contributed by atoms with Crippen molar-refractivity contribution >= 4 is 8.07 Å². The van der Waals surface area contributed by atoms with Gasteiger partial charge in [0.1, 0.15) is 19.6 Å². The smallest absolute Gasteiger partial charge is 0.292 e. The SMILES string of the molecule is Cc1cc(-n2c(=O)cc(C(F)(F)F)n(C)c2=O)c(F)cc1C#C[Si](C)(C)C. The molecule has 0 radical (unpaired) electrons. The molecule has 0 atom stereocenters. The van der Waals surface area contributed by atoms with Crippen LogP contribution in [-0.2, 0) is 13.2 Å². The fraction of sp³-hybridized carbons (Fsp3) is 0.333. The average Bonchev–Trinajstić information content (AvgIpc) is 2.50. The summed E-state index contributed by atoms with van der Waals surface area (Å²) in [4.78, 5) is 24.4. The molecule has 4 nitrogen and oxygen atoms in total. The second kappa shape index (κ2) is 6.85. The minimum Gasteiger partial charge on any atom is -0.292 e. The maximum Gasteiger partial charge on any atom is 0.431 e. The third-order valence-electron chi connectivity index (χ3n) is 3.72. The number of hydrogen-bond donors (Lipinski definition) is 0. The topological polar surface area (TPSA) is 44.0 Å². The molecule has 1 aromatic heterocycles. The molecule has 9 heteroatoms. The maximum atomic E-state index is 14.6. The highest BCUT2D eigenvalue weighted by molar-refractivity contribution is 6.83. The van der Waals surface area contributed by atoms with E-state index in [4.69, 9.17) is 0 Å². The van der Waals surface area contributed by atoms with Crippen molar-refractivity contribution in [1.29, 1.82) is 0 Å². The Bertz CT molecular complexity index is 1080. The first-order valence-corrected chi connectivity index (χ1v) is 11.5. The zero-order valence-electron chi connectivity index (χ0n) is 15.5. The van der Waals surface area contributed by atoms with Crippen molar-refractivity contribution in [3.63, 3.8) is 0 Å². The lowest BCUT2D eigenvalue weighted by atomic mass is 10.1. The van der Waals surface area contributed by atoms with Gasteiger partial charge in [0, 0.05) is 18.7 Å². The molecule has 0 fully saturated rings. The lowest BCUT2D eigenvalue weighted by Gasteiger charge is -2.15. The van der Waals surface area contributed by atoms with Crippen LogP contribution in [-0.4, -0.2) is 17.2 Å². The van der Waals surface area contributed by atoms with Gasteiger partial charge in [-0.25, -0.2) is 13.8 Å². The molecule has 0 aliphatic carbocycles. The van der Waals surface area contributed by atoms with Gasteiger partial charge in [-0.05, 0) is 24.6 Å². The average molecular weight is 398 g/mol. The van der Waals surface area contributed by atoms with Crippen LogP contribution >= 0.6 is 0 Å². The van der Waals surface area contributed by atoms with E-state index in [1.807, 2.05) is 19.6 Å². The Balaban J connectivity index is 2.72. The molecule has 0 aliphatic heterocycles. The van der Waals surface area contributed by atoms with E-state index in [-0.39, 0.29) is 10.6 Å². The zero-order valence-corrected chi connectivity index (χ0v) is 16.5. The fourth-order valence-corrected chi connectivity index (χ4v) is 2.86. The van der Waals surface area contributed by atoms with Crippen molar-refractivity contribution in [2.24, 2.45) is 7.05 Å². The molecule has 0 spiro atoms. The van der Waals surface area contributed by atoms with Crippen molar-refractivity contribution in [1.82, 2.24) is 9.13 Å². The third kappa shape index (κ3) is 4.39. The van der Waals surface area contributed by atoms with Gasteiger partial charge in [-0.1, -0.05) is 25.6 Å². The molecule has 0 aliphatic rings. The van der Waals surface area contributed by atoms with Gasteiger partial charge in [0.05, 0.1) is 5.69 Å². The van der Waals surface area contributed by atoms with Gasteiger partial charge >= 0.3 is 11.9 Å². The number of nitrogens with zero attached hydrogens (tertiary/aromatic N) is 2. The van der Waals surface area contributed by atoms with E-state index in [2.05, 4.69) is 11.5 Å². The van der Waals surface area contributed by atoms with Gasteiger partial charge < -0.3 is 0 Å². The summed E-state index contributed by atoms with van der Waals surface area (Å²) in [5, 5.41) is 0. The van der Waals surface area contributed by atoms with E-state index in [1.165, 1.54) is 6.07 Å². The molecule has 2 aromatic rings. The van der Waals surface area contributed by atoms with E-state index >= 15 is 0 Å². The van der Waals surface area contributed by atoms with Crippen LogP contribution in [0.4, 0.5) is 17.6 Å². The summed E-state index contributed by atoms with van der Waals surface area (Å²) in [6.45, 7) is 7.68. The lowest BCUT2D eigenvalue weighted by molar-refractivity contribution is -0.144. The maximum absolute atomic E-state index is 14.6. The lowest BCUT2D eigenvalue weighted by Crippen LogP contribution is -2.41. The number of alkyl halides is 3. The van der Waals surface area contributed by atoms with Crippen molar-refractivity contribution in [2.75, 3.05) is 0 Å². The summed E-state index contributed by atoms with van der Waals surface area (Å²) < 4.78 is 54.0. The molecule has 1 aromatic carbocycles. The van der Waals surface area contributed by atoms with Crippen LogP contribution in [0.2, 0.25) is 19.6 Å². The van der Waals surface area contributed by atoms with Gasteiger partial charge in [0.25, 0.3) is 5.56 Å². The summed E-state index contributed by atoms with van der Waals surface area (Å²) in [7, 11) is -0.831. The van der Waals surface area contributed by atoms with Gasteiger partial charge in [0.15, 0.2) is 0 Å². The van der Waals surface area contributed by atoms with E-state index in [0.717, 1.165) is 13.1 Å². The van der Waals surface area contributed by atoms with Crippen LogP contribution in [0, 0.1) is 24.2 Å². The number of benzene rings is 1. The predicted octanol–water partition coefficient (Wildman–Crippen LogP) is 3.23. The number of rotatable bonds is 1. The first-order valence-electron chi connectivity index (χ1n) is 7.96. The Morgan fingerprint density at radius 2 is 1.67 bits per heavy atom. The highest BCUT2D eigenvalue weighted by atomic mass is 28.3. The molecule has 0 bridgehead atoms. The number of halogens is 4. The summed E-state index contributed by atoms with van der Waals surface area (Å²) in [5.74, 6) is 1.98. The van der Waals surface area contributed by atoms with Gasteiger partial charge in [-0.15, -0.1) is 5.54 Å². The summed E-state index contributed by atoms with van der Waals surface area (Å²) in [5.41, 5.74) is -0.366. The highest BCUT2D eigenvalue weighted by Gasteiger charge is 2.35. The summed E-state index contributed by atoms with van der Waals surface area (Å²) in [6, 6.07) is 2.59. The largest absolute Gasteiger partial charge is 0.431 e. The van der Waals surface area contributed by atoms with E-state index in [1.54, 1.807) is 6.92 Å². The molecule has 0 N–H and O–H groups in total. The molecule has 0 unspecified atom stereocenters. The first-order chi connectivity index (χ1) is 12.2. The van der Waals surface area contributed by atoms with Crippen molar-refractivity contribution in [3.05, 3.63) is 61.7 Å². The minimum absolute atomic E-state index is 0.273. The number of aromatic nitrogens is 2. The third-order valence-corrected chi connectivity index (χ3v) is 4.59.